The van der Waals surface area contributed by atoms with Crippen LogP contribution < -0.4 is 15.8 Å². The second kappa shape index (κ2) is 5.09. The molecule has 1 amide bonds. The number of nitrogens with two attached hydrogens (primary N) is 1. The number of nitrogens with one attached hydrogen (secondary N) is 1. The Morgan fingerprint density at radius 3 is 2.85 bits per heavy atom. The topological polar surface area (TPSA) is 64.4 Å². The van der Waals surface area contributed by atoms with E-state index in [1.807, 2.05) is 24.3 Å². The highest BCUT2D eigenvalue weighted by Crippen LogP contribution is 2.39. The van der Waals surface area contributed by atoms with Gasteiger partial charge in [-0.05, 0) is 24.3 Å². The highest BCUT2D eigenvalue weighted by molar-refractivity contribution is 9.10. The zero-order chi connectivity index (χ0) is 14.3. The van der Waals surface area contributed by atoms with E-state index in [4.69, 9.17) is 22.1 Å². The summed E-state index contributed by atoms with van der Waals surface area (Å²) in [6.45, 7) is 0. The molecular weight excluding hydrogens is 344 g/mol. The lowest BCUT2D eigenvalue weighted by molar-refractivity contribution is -0.116. The molecule has 1 aliphatic heterocycles. The molecule has 3 N–H and O–H groups in total. The molecule has 0 radical (unpaired) electrons. The van der Waals surface area contributed by atoms with Crippen LogP contribution in [-0.2, 0) is 4.79 Å². The van der Waals surface area contributed by atoms with Gasteiger partial charge in [0.2, 0.25) is 5.91 Å². The van der Waals surface area contributed by atoms with Gasteiger partial charge in [-0.1, -0.05) is 33.6 Å². The number of fused-ring (bicyclic) bond motifs is 1. The fraction of sp³-hybridized carbons (Fsp3) is 0.0714. The minimum atomic E-state index is -0.678. The van der Waals surface area contributed by atoms with Crippen molar-refractivity contribution in [2.45, 2.75) is 6.04 Å². The normalized spacial score (nSPS) is 16.8. The first kappa shape index (κ1) is 13.4. The van der Waals surface area contributed by atoms with Gasteiger partial charge < -0.3 is 15.8 Å². The highest BCUT2D eigenvalue weighted by atomic mass is 79.9. The standard InChI is InChI=1S/C14H10BrClN2O2/c15-7-2-1-3-8(4-7)20-12-6-11-9(5-10(12)16)13(17)14(19)18-11/h1-6,13H,17H2,(H,18,19). The quantitative estimate of drug-likeness (QED) is 0.862. The van der Waals surface area contributed by atoms with Gasteiger partial charge in [-0.15, -0.1) is 0 Å². The van der Waals surface area contributed by atoms with Crippen LogP contribution in [0.1, 0.15) is 11.6 Å². The molecule has 3 rings (SSSR count). The molecule has 1 aliphatic rings. The Kier molecular flexibility index (Phi) is 3.41. The smallest absolute Gasteiger partial charge is 0.245 e. The summed E-state index contributed by atoms with van der Waals surface area (Å²) in [5, 5.41) is 3.11. The number of carbonyl (C=O) groups excluding carboxylic acids is 1. The summed E-state index contributed by atoms with van der Waals surface area (Å²) in [6, 6.07) is 10.1. The lowest BCUT2D eigenvalue weighted by Crippen LogP contribution is -2.19. The molecule has 1 heterocycles. The zero-order valence-corrected chi connectivity index (χ0v) is 12.5. The third-order valence-corrected chi connectivity index (χ3v) is 3.79. The molecule has 20 heavy (non-hydrogen) atoms. The lowest BCUT2D eigenvalue weighted by atomic mass is 10.1. The molecule has 0 fully saturated rings. The summed E-state index contributed by atoms with van der Waals surface area (Å²) >= 11 is 9.55. The fourth-order valence-electron chi connectivity index (χ4n) is 2.02. The van der Waals surface area contributed by atoms with Gasteiger partial charge in [-0.3, -0.25) is 4.79 Å². The van der Waals surface area contributed by atoms with E-state index in [0.717, 1.165) is 4.47 Å². The van der Waals surface area contributed by atoms with Crippen LogP contribution in [0.2, 0.25) is 5.02 Å². The van der Waals surface area contributed by atoms with Crippen LogP contribution in [0.3, 0.4) is 0 Å². The summed E-state index contributed by atoms with van der Waals surface area (Å²) in [6.07, 6.45) is 0. The van der Waals surface area contributed by atoms with Gasteiger partial charge in [-0.25, -0.2) is 0 Å². The van der Waals surface area contributed by atoms with Crippen molar-refractivity contribution >= 4 is 39.1 Å². The second-order valence-electron chi connectivity index (χ2n) is 4.40. The molecule has 1 unspecified atom stereocenters. The van der Waals surface area contributed by atoms with Crippen molar-refractivity contribution in [1.82, 2.24) is 0 Å². The third kappa shape index (κ3) is 2.40. The van der Waals surface area contributed by atoms with Crippen molar-refractivity contribution in [2.24, 2.45) is 5.73 Å². The van der Waals surface area contributed by atoms with Crippen molar-refractivity contribution < 1.29 is 9.53 Å². The van der Waals surface area contributed by atoms with Crippen LogP contribution in [0.5, 0.6) is 11.5 Å². The molecule has 0 aromatic heterocycles. The van der Waals surface area contributed by atoms with Gasteiger partial charge >= 0.3 is 0 Å². The van der Waals surface area contributed by atoms with Gasteiger partial charge in [0, 0.05) is 21.8 Å². The molecule has 2 aromatic rings. The fourth-order valence-corrected chi connectivity index (χ4v) is 2.61. The van der Waals surface area contributed by atoms with E-state index >= 15 is 0 Å². The maximum Gasteiger partial charge on any atom is 0.245 e. The molecule has 6 heteroatoms. The van der Waals surface area contributed by atoms with E-state index < -0.39 is 6.04 Å². The molecule has 0 aliphatic carbocycles. The first-order chi connectivity index (χ1) is 9.54. The Morgan fingerprint density at radius 2 is 2.10 bits per heavy atom. The Bertz CT molecular complexity index is 706. The van der Waals surface area contributed by atoms with E-state index in [0.29, 0.717) is 27.8 Å². The maximum atomic E-state index is 11.5. The Labute approximate surface area is 129 Å². The number of rotatable bonds is 2. The Morgan fingerprint density at radius 1 is 1.30 bits per heavy atom. The summed E-state index contributed by atoms with van der Waals surface area (Å²) < 4.78 is 6.64. The first-order valence-electron chi connectivity index (χ1n) is 5.88. The number of benzene rings is 2. The van der Waals surface area contributed by atoms with Crippen molar-refractivity contribution in [1.29, 1.82) is 0 Å². The maximum absolute atomic E-state index is 11.5. The number of halogens is 2. The van der Waals surface area contributed by atoms with Gasteiger partial charge in [0.05, 0.1) is 5.02 Å². The highest BCUT2D eigenvalue weighted by Gasteiger charge is 2.28. The number of hydrogen-bond acceptors (Lipinski definition) is 3. The summed E-state index contributed by atoms with van der Waals surface area (Å²) in [5.41, 5.74) is 7.08. The molecular formula is C14H10BrClN2O2. The predicted octanol–water partition coefficient (Wildman–Crippen LogP) is 3.85. The van der Waals surface area contributed by atoms with Crippen LogP contribution in [0, 0.1) is 0 Å². The van der Waals surface area contributed by atoms with Crippen LogP contribution in [-0.4, -0.2) is 5.91 Å². The van der Waals surface area contributed by atoms with Crippen LogP contribution >= 0.6 is 27.5 Å². The van der Waals surface area contributed by atoms with Crippen LogP contribution in [0.4, 0.5) is 5.69 Å². The summed E-state index contributed by atoms with van der Waals surface area (Å²) in [4.78, 5) is 11.5. The predicted molar refractivity (Wildman–Crippen MR) is 81.2 cm³/mol. The van der Waals surface area contributed by atoms with Gasteiger partial charge in [0.15, 0.2) is 0 Å². The van der Waals surface area contributed by atoms with Crippen LogP contribution in [0.15, 0.2) is 40.9 Å². The largest absolute Gasteiger partial charge is 0.456 e. The van der Waals surface area contributed by atoms with E-state index in [-0.39, 0.29) is 5.91 Å². The van der Waals surface area contributed by atoms with Crippen LogP contribution in [0.25, 0.3) is 0 Å². The molecule has 102 valence electrons. The van der Waals surface area contributed by atoms with Crippen molar-refractivity contribution in [3.63, 3.8) is 0 Å². The number of anilines is 1. The minimum Gasteiger partial charge on any atom is -0.456 e. The number of carbonyl (C=O) groups is 1. The molecule has 4 nitrogen and oxygen atoms in total. The number of hydrogen-bond donors (Lipinski definition) is 2. The SMILES string of the molecule is NC1C(=O)Nc2cc(Oc3cccc(Br)c3)c(Cl)cc21. The third-order valence-electron chi connectivity index (χ3n) is 3.00. The van der Waals surface area contributed by atoms with E-state index in [2.05, 4.69) is 21.2 Å². The molecule has 2 aromatic carbocycles. The molecule has 0 bridgehead atoms. The van der Waals surface area contributed by atoms with E-state index in [1.165, 1.54) is 0 Å². The molecule has 0 saturated carbocycles. The van der Waals surface area contributed by atoms with Crippen molar-refractivity contribution in [3.8, 4) is 11.5 Å². The van der Waals surface area contributed by atoms with E-state index in [9.17, 15) is 4.79 Å². The van der Waals surface area contributed by atoms with Crippen molar-refractivity contribution in [3.05, 3.63) is 51.5 Å². The average Bonchev–Trinajstić information content (AvgIpc) is 2.66. The second-order valence-corrected chi connectivity index (χ2v) is 5.72. The summed E-state index contributed by atoms with van der Waals surface area (Å²) in [7, 11) is 0. The van der Waals surface area contributed by atoms with Gasteiger partial charge in [0.25, 0.3) is 0 Å². The number of ether oxygens (including phenoxy) is 1. The van der Waals surface area contributed by atoms with Crippen molar-refractivity contribution in [2.75, 3.05) is 5.32 Å². The monoisotopic (exact) mass is 352 g/mol. The minimum absolute atomic E-state index is 0.240. The van der Waals surface area contributed by atoms with Gasteiger partial charge in [0.1, 0.15) is 17.5 Å². The Balaban J connectivity index is 1.96. The van der Waals surface area contributed by atoms with Gasteiger partial charge in [-0.2, -0.15) is 0 Å². The molecule has 0 saturated heterocycles. The molecule has 0 spiro atoms. The summed E-state index contributed by atoms with van der Waals surface area (Å²) in [5.74, 6) is 0.878. The first-order valence-corrected chi connectivity index (χ1v) is 7.05. The number of amides is 1. The van der Waals surface area contributed by atoms with E-state index in [1.54, 1.807) is 12.1 Å². The molecule has 1 atom stereocenters. The average molecular weight is 354 g/mol. The lowest BCUT2D eigenvalue weighted by Gasteiger charge is -2.10. The zero-order valence-electron chi connectivity index (χ0n) is 10.2. The Hall–Kier alpha value is -1.56.